The number of hydrogen-bond donors (Lipinski definition) is 2. The van der Waals surface area contributed by atoms with Crippen LogP contribution in [0.1, 0.15) is 16.2 Å². The highest BCUT2D eigenvalue weighted by Gasteiger charge is 2.08. The Kier molecular flexibility index (Phi) is 2.61. The molecule has 1 aromatic heterocycles. The van der Waals surface area contributed by atoms with E-state index in [1.165, 1.54) is 6.33 Å². The molecule has 6 heteroatoms. The number of nitrogens with one attached hydrogen (secondary N) is 2. The van der Waals surface area contributed by atoms with E-state index in [-0.39, 0.29) is 11.7 Å². The van der Waals surface area contributed by atoms with Crippen LogP contribution in [0.25, 0.3) is 0 Å². The predicted octanol–water partition coefficient (Wildman–Crippen LogP) is 0.929. The SMILES string of the molecule is N#Cc1ccc(NC(=O)c2ncn[nH]2)cc1. The molecule has 2 rings (SSSR count). The summed E-state index contributed by atoms with van der Waals surface area (Å²) in [5.74, 6) is -0.230. The molecule has 0 saturated heterocycles. The minimum absolute atomic E-state index is 0.143. The van der Waals surface area contributed by atoms with E-state index in [0.717, 1.165) is 0 Å². The summed E-state index contributed by atoms with van der Waals surface area (Å²) in [6.45, 7) is 0. The summed E-state index contributed by atoms with van der Waals surface area (Å²) in [5.41, 5.74) is 1.14. The van der Waals surface area contributed by atoms with Gasteiger partial charge in [-0.2, -0.15) is 10.4 Å². The molecule has 0 spiro atoms. The van der Waals surface area contributed by atoms with Crippen molar-refractivity contribution in [1.82, 2.24) is 15.2 Å². The highest BCUT2D eigenvalue weighted by molar-refractivity contribution is 6.01. The van der Waals surface area contributed by atoms with Gasteiger partial charge in [0.05, 0.1) is 11.6 Å². The monoisotopic (exact) mass is 213 g/mol. The van der Waals surface area contributed by atoms with E-state index in [4.69, 9.17) is 5.26 Å². The van der Waals surface area contributed by atoms with Gasteiger partial charge in [-0.05, 0) is 24.3 Å². The number of H-pyrrole nitrogens is 1. The van der Waals surface area contributed by atoms with E-state index >= 15 is 0 Å². The predicted molar refractivity (Wildman–Crippen MR) is 55.5 cm³/mol. The number of aromatic amines is 1. The van der Waals surface area contributed by atoms with Crippen LogP contribution in [0.4, 0.5) is 5.69 Å². The molecular formula is C10H7N5O. The van der Waals surface area contributed by atoms with Gasteiger partial charge in [0.15, 0.2) is 0 Å². The normalized spacial score (nSPS) is 9.44. The molecule has 6 nitrogen and oxygen atoms in total. The van der Waals surface area contributed by atoms with E-state index < -0.39 is 0 Å². The van der Waals surface area contributed by atoms with Crippen molar-refractivity contribution >= 4 is 11.6 Å². The van der Waals surface area contributed by atoms with Crippen molar-refractivity contribution in [2.45, 2.75) is 0 Å². The molecule has 0 fully saturated rings. The number of benzene rings is 1. The molecule has 1 aromatic carbocycles. The average Bonchev–Trinajstić information content (AvgIpc) is 2.83. The third-order valence-corrected chi connectivity index (χ3v) is 1.90. The lowest BCUT2D eigenvalue weighted by Gasteiger charge is -2.01. The molecule has 0 saturated carbocycles. The van der Waals surface area contributed by atoms with Crippen LogP contribution in [0.2, 0.25) is 0 Å². The zero-order valence-corrected chi connectivity index (χ0v) is 8.14. The van der Waals surface area contributed by atoms with Gasteiger partial charge in [0, 0.05) is 5.69 Å². The van der Waals surface area contributed by atoms with Gasteiger partial charge in [0.1, 0.15) is 6.33 Å². The summed E-state index contributed by atoms with van der Waals surface area (Å²) in [5, 5.41) is 17.2. The van der Waals surface area contributed by atoms with Crippen LogP contribution in [-0.4, -0.2) is 21.1 Å². The Hall–Kier alpha value is -2.68. The zero-order chi connectivity index (χ0) is 11.4. The van der Waals surface area contributed by atoms with Gasteiger partial charge >= 0.3 is 0 Å². The summed E-state index contributed by atoms with van der Waals surface area (Å²) in [6.07, 6.45) is 1.26. The Morgan fingerprint density at radius 2 is 2.12 bits per heavy atom. The molecule has 1 amide bonds. The number of rotatable bonds is 2. The number of nitrogens with zero attached hydrogens (tertiary/aromatic N) is 3. The van der Waals surface area contributed by atoms with E-state index in [0.29, 0.717) is 11.3 Å². The highest BCUT2D eigenvalue weighted by atomic mass is 16.2. The average molecular weight is 213 g/mol. The first-order valence-corrected chi connectivity index (χ1v) is 4.46. The second kappa shape index (κ2) is 4.23. The van der Waals surface area contributed by atoms with Crippen LogP contribution >= 0.6 is 0 Å². The maximum absolute atomic E-state index is 11.5. The first kappa shape index (κ1) is 9.86. The smallest absolute Gasteiger partial charge is 0.292 e. The molecule has 0 aliphatic heterocycles. The molecule has 0 radical (unpaired) electrons. The number of carbonyl (C=O) groups is 1. The number of amides is 1. The Morgan fingerprint density at radius 1 is 1.38 bits per heavy atom. The van der Waals surface area contributed by atoms with Gasteiger partial charge < -0.3 is 5.32 Å². The van der Waals surface area contributed by atoms with Crippen molar-refractivity contribution in [3.05, 3.63) is 42.0 Å². The number of anilines is 1. The molecule has 0 aliphatic rings. The van der Waals surface area contributed by atoms with E-state index in [1.54, 1.807) is 24.3 Å². The standard InChI is InChI=1S/C10H7N5O/c11-5-7-1-3-8(4-2-7)14-10(16)9-12-6-13-15-9/h1-4,6H,(H,14,16)(H,12,13,15). The van der Waals surface area contributed by atoms with Gasteiger partial charge in [-0.25, -0.2) is 4.98 Å². The molecule has 0 unspecified atom stereocenters. The van der Waals surface area contributed by atoms with Crippen LogP contribution < -0.4 is 5.32 Å². The molecule has 0 aliphatic carbocycles. The number of hydrogen-bond acceptors (Lipinski definition) is 4. The Labute approximate surface area is 90.9 Å². The van der Waals surface area contributed by atoms with E-state index in [9.17, 15) is 4.79 Å². The van der Waals surface area contributed by atoms with Crippen LogP contribution in [-0.2, 0) is 0 Å². The van der Waals surface area contributed by atoms with Crippen molar-refractivity contribution in [2.24, 2.45) is 0 Å². The van der Waals surface area contributed by atoms with Gasteiger partial charge in [-0.15, -0.1) is 0 Å². The lowest BCUT2D eigenvalue weighted by molar-refractivity contribution is 0.101. The number of aromatic nitrogens is 3. The van der Waals surface area contributed by atoms with Crippen LogP contribution in [0.3, 0.4) is 0 Å². The minimum atomic E-state index is -0.373. The van der Waals surface area contributed by atoms with Crippen molar-refractivity contribution < 1.29 is 4.79 Å². The Bertz CT molecular complexity index is 523. The fourth-order valence-corrected chi connectivity index (χ4v) is 1.13. The molecule has 1 heterocycles. The lowest BCUT2D eigenvalue weighted by Crippen LogP contribution is -2.13. The number of nitriles is 1. The zero-order valence-electron chi connectivity index (χ0n) is 8.14. The Morgan fingerprint density at radius 3 is 2.69 bits per heavy atom. The fourth-order valence-electron chi connectivity index (χ4n) is 1.13. The maximum Gasteiger partial charge on any atom is 0.292 e. The largest absolute Gasteiger partial charge is 0.319 e. The molecule has 2 aromatic rings. The van der Waals surface area contributed by atoms with E-state index in [1.807, 2.05) is 6.07 Å². The third-order valence-electron chi connectivity index (χ3n) is 1.90. The van der Waals surface area contributed by atoms with Crippen LogP contribution in [0, 0.1) is 11.3 Å². The fraction of sp³-hybridized carbons (Fsp3) is 0. The molecule has 16 heavy (non-hydrogen) atoms. The molecule has 78 valence electrons. The molecular weight excluding hydrogens is 206 g/mol. The van der Waals surface area contributed by atoms with Gasteiger partial charge in [-0.3, -0.25) is 9.89 Å². The maximum atomic E-state index is 11.5. The summed E-state index contributed by atoms with van der Waals surface area (Å²) in [4.78, 5) is 15.2. The lowest BCUT2D eigenvalue weighted by atomic mass is 10.2. The summed E-state index contributed by atoms with van der Waals surface area (Å²) < 4.78 is 0. The van der Waals surface area contributed by atoms with Gasteiger partial charge in [0.25, 0.3) is 5.91 Å². The van der Waals surface area contributed by atoms with Crippen molar-refractivity contribution in [3.63, 3.8) is 0 Å². The summed E-state index contributed by atoms with van der Waals surface area (Å²) in [6, 6.07) is 8.53. The van der Waals surface area contributed by atoms with Crippen molar-refractivity contribution in [1.29, 1.82) is 5.26 Å². The van der Waals surface area contributed by atoms with Crippen LogP contribution in [0.5, 0.6) is 0 Å². The first-order chi connectivity index (χ1) is 7.79. The first-order valence-electron chi connectivity index (χ1n) is 4.46. The Balaban J connectivity index is 2.10. The van der Waals surface area contributed by atoms with Crippen LogP contribution in [0.15, 0.2) is 30.6 Å². The summed E-state index contributed by atoms with van der Waals surface area (Å²) >= 11 is 0. The molecule has 0 atom stereocenters. The quantitative estimate of drug-likeness (QED) is 0.775. The number of carbonyl (C=O) groups excluding carboxylic acids is 1. The third kappa shape index (κ3) is 2.04. The van der Waals surface area contributed by atoms with Gasteiger partial charge in [0.2, 0.25) is 5.82 Å². The second-order valence-electron chi connectivity index (χ2n) is 2.98. The summed E-state index contributed by atoms with van der Waals surface area (Å²) in [7, 11) is 0. The minimum Gasteiger partial charge on any atom is -0.319 e. The van der Waals surface area contributed by atoms with Crippen molar-refractivity contribution in [2.75, 3.05) is 5.32 Å². The van der Waals surface area contributed by atoms with Crippen molar-refractivity contribution in [3.8, 4) is 6.07 Å². The topological polar surface area (TPSA) is 94.5 Å². The van der Waals surface area contributed by atoms with E-state index in [2.05, 4.69) is 20.5 Å². The highest BCUT2D eigenvalue weighted by Crippen LogP contribution is 2.09. The molecule has 0 bridgehead atoms. The van der Waals surface area contributed by atoms with Gasteiger partial charge in [-0.1, -0.05) is 0 Å². The second-order valence-corrected chi connectivity index (χ2v) is 2.98. The molecule has 2 N–H and O–H groups in total.